The predicted molar refractivity (Wildman–Crippen MR) is 68.7 cm³/mol. The number of rotatable bonds is 6. The van der Waals surface area contributed by atoms with Gasteiger partial charge in [0, 0.05) is 12.1 Å². The molecule has 98 valence electrons. The Labute approximate surface area is 107 Å². The van der Waals surface area contributed by atoms with E-state index in [1.807, 2.05) is 12.1 Å². The van der Waals surface area contributed by atoms with E-state index in [4.69, 9.17) is 9.84 Å². The minimum absolute atomic E-state index is 0.0473. The number of hydrogen-bond acceptors (Lipinski definition) is 3. The van der Waals surface area contributed by atoms with Gasteiger partial charge in [0.05, 0.1) is 13.2 Å². The molecule has 0 bridgehead atoms. The molecule has 0 heterocycles. The lowest BCUT2D eigenvalue weighted by molar-refractivity contribution is 0.0944. The monoisotopic (exact) mass is 249 g/mol. The van der Waals surface area contributed by atoms with Crippen molar-refractivity contribution in [2.24, 2.45) is 5.92 Å². The Hall–Kier alpha value is -1.55. The maximum Gasteiger partial charge on any atom is 0.251 e. The zero-order valence-corrected chi connectivity index (χ0v) is 10.4. The first-order chi connectivity index (χ1) is 8.79. The van der Waals surface area contributed by atoms with Crippen LogP contribution in [0.5, 0.6) is 5.75 Å². The van der Waals surface area contributed by atoms with Crippen molar-refractivity contribution >= 4 is 5.91 Å². The average Bonchev–Trinajstić information content (AvgIpc) is 2.35. The molecule has 1 saturated carbocycles. The highest BCUT2D eigenvalue weighted by molar-refractivity contribution is 5.94. The fraction of sp³-hybridized carbons (Fsp3) is 0.500. The van der Waals surface area contributed by atoms with E-state index >= 15 is 0 Å². The number of aliphatic hydroxyl groups excluding tert-OH is 1. The van der Waals surface area contributed by atoms with Crippen LogP contribution in [-0.4, -0.2) is 30.8 Å². The Bertz CT molecular complexity index is 385. The molecule has 0 aliphatic heterocycles. The molecule has 2 rings (SSSR count). The van der Waals surface area contributed by atoms with Crippen molar-refractivity contribution in [3.63, 3.8) is 0 Å². The van der Waals surface area contributed by atoms with Crippen LogP contribution in [0, 0.1) is 5.92 Å². The second kappa shape index (κ2) is 6.40. The van der Waals surface area contributed by atoms with E-state index in [2.05, 4.69) is 5.32 Å². The van der Waals surface area contributed by atoms with Crippen LogP contribution < -0.4 is 10.1 Å². The highest BCUT2D eigenvalue weighted by Gasteiger charge is 2.17. The van der Waals surface area contributed by atoms with Gasteiger partial charge in [-0.3, -0.25) is 4.79 Å². The van der Waals surface area contributed by atoms with Crippen LogP contribution in [0.25, 0.3) is 0 Å². The largest absolute Gasteiger partial charge is 0.493 e. The van der Waals surface area contributed by atoms with Crippen molar-refractivity contribution in [3.8, 4) is 5.75 Å². The lowest BCUT2D eigenvalue weighted by Crippen LogP contribution is -2.26. The number of carbonyl (C=O) groups excluding carboxylic acids is 1. The van der Waals surface area contributed by atoms with Crippen molar-refractivity contribution in [1.82, 2.24) is 5.32 Å². The first-order valence-corrected chi connectivity index (χ1v) is 6.41. The Morgan fingerprint density at radius 2 is 2.06 bits per heavy atom. The third-order valence-corrected chi connectivity index (χ3v) is 3.22. The summed E-state index contributed by atoms with van der Waals surface area (Å²) >= 11 is 0. The molecular weight excluding hydrogens is 230 g/mol. The summed E-state index contributed by atoms with van der Waals surface area (Å²) < 4.78 is 5.65. The van der Waals surface area contributed by atoms with Crippen LogP contribution >= 0.6 is 0 Å². The zero-order valence-electron chi connectivity index (χ0n) is 10.4. The molecule has 0 unspecified atom stereocenters. The van der Waals surface area contributed by atoms with E-state index in [1.54, 1.807) is 12.1 Å². The third kappa shape index (κ3) is 3.47. The van der Waals surface area contributed by atoms with Gasteiger partial charge in [-0.2, -0.15) is 0 Å². The fourth-order valence-corrected chi connectivity index (χ4v) is 1.85. The summed E-state index contributed by atoms with van der Waals surface area (Å²) in [6.07, 6.45) is 3.85. The van der Waals surface area contributed by atoms with Crippen LogP contribution in [0.1, 0.15) is 29.6 Å². The summed E-state index contributed by atoms with van der Waals surface area (Å²) in [5.74, 6) is 1.34. The standard InChI is InChI=1S/C14H19NO3/c16-9-8-15-14(17)12-4-6-13(7-5-12)18-10-11-2-1-3-11/h4-7,11,16H,1-3,8-10H2,(H,15,17). The molecule has 2 N–H and O–H groups in total. The molecule has 1 amide bonds. The van der Waals surface area contributed by atoms with E-state index in [0.29, 0.717) is 11.5 Å². The van der Waals surface area contributed by atoms with Gasteiger partial charge < -0.3 is 15.2 Å². The van der Waals surface area contributed by atoms with Crippen LogP contribution in [0.4, 0.5) is 0 Å². The van der Waals surface area contributed by atoms with Crippen LogP contribution in [-0.2, 0) is 0 Å². The molecule has 0 atom stereocenters. The summed E-state index contributed by atoms with van der Waals surface area (Å²) in [5.41, 5.74) is 0.583. The molecule has 0 aromatic heterocycles. The van der Waals surface area contributed by atoms with Crippen LogP contribution in [0.2, 0.25) is 0 Å². The van der Waals surface area contributed by atoms with Gasteiger partial charge in [0.1, 0.15) is 5.75 Å². The van der Waals surface area contributed by atoms with Crippen LogP contribution in [0.3, 0.4) is 0 Å². The van der Waals surface area contributed by atoms with Crippen LogP contribution in [0.15, 0.2) is 24.3 Å². The number of ether oxygens (including phenoxy) is 1. The van der Waals surface area contributed by atoms with Crippen molar-refractivity contribution in [1.29, 1.82) is 0 Å². The maximum absolute atomic E-state index is 11.6. The number of nitrogens with one attached hydrogen (secondary N) is 1. The Morgan fingerprint density at radius 3 is 2.61 bits per heavy atom. The molecule has 1 aromatic carbocycles. The van der Waals surface area contributed by atoms with Crippen molar-refractivity contribution in [2.45, 2.75) is 19.3 Å². The Balaban J connectivity index is 1.82. The predicted octanol–water partition coefficient (Wildman–Crippen LogP) is 1.59. The molecule has 0 spiro atoms. The molecule has 1 aliphatic carbocycles. The summed E-state index contributed by atoms with van der Waals surface area (Å²) in [4.78, 5) is 11.6. The number of amides is 1. The van der Waals surface area contributed by atoms with Gasteiger partial charge in [-0.15, -0.1) is 0 Å². The normalized spacial score (nSPS) is 14.9. The van der Waals surface area contributed by atoms with Gasteiger partial charge in [0.25, 0.3) is 5.91 Å². The number of aliphatic hydroxyl groups is 1. The SMILES string of the molecule is O=C(NCCO)c1ccc(OCC2CCC2)cc1. The lowest BCUT2D eigenvalue weighted by atomic mass is 9.86. The highest BCUT2D eigenvalue weighted by atomic mass is 16.5. The lowest BCUT2D eigenvalue weighted by Gasteiger charge is -2.25. The summed E-state index contributed by atoms with van der Waals surface area (Å²) in [6, 6.07) is 7.10. The quantitative estimate of drug-likeness (QED) is 0.805. The highest BCUT2D eigenvalue weighted by Crippen LogP contribution is 2.27. The third-order valence-electron chi connectivity index (χ3n) is 3.22. The summed E-state index contributed by atoms with van der Waals surface area (Å²) in [6.45, 7) is 1.00. The van der Waals surface area contributed by atoms with Gasteiger partial charge in [0.15, 0.2) is 0 Å². The molecule has 0 radical (unpaired) electrons. The topological polar surface area (TPSA) is 58.6 Å². The molecule has 4 heteroatoms. The van der Waals surface area contributed by atoms with E-state index in [-0.39, 0.29) is 19.1 Å². The number of carbonyl (C=O) groups is 1. The first kappa shape index (κ1) is 12.9. The van der Waals surface area contributed by atoms with Crippen molar-refractivity contribution in [3.05, 3.63) is 29.8 Å². The molecule has 1 aliphatic rings. The van der Waals surface area contributed by atoms with Crippen molar-refractivity contribution in [2.75, 3.05) is 19.8 Å². The second-order valence-corrected chi connectivity index (χ2v) is 4.61. The Kier molecular flexibility index (Phi) is 4.59. The first-order valence-electron chi connectivity index (χ1n) is 6.41. The molecule has 0 saturated heterocycles. The van der Waals surface area contributed by atoms with Gasteiger partial charge in [-0.25, -0.2) is 0 Å². The number of benzene rings is 1. The van der Waals surface area contributed by atoms with E-state index in [9.17, 15) is 4.79 Å². The second-order valence-electron chi connectivity index (χ2n) is 4.61. The summed E-state index contributed by atoms with van der Waals surface area (Å²) in [5, 5.41) is 11.2. The van der Waals surface area contributed by atoms with Gasteiger partial charge in [-0.1, -0.05) is 6.42 Å². The average molecular weight is 249 g/mol. The van der Waals surface area contributed by atoms with Gasteiger partial charge in [0.2, 0.25) is 0 Å². The zero-order chi connectivity index (χ0) is 12.8. The van der Waals surface area contributed by atoms with Gasteiger partial charge >= 0.3 is 0 Å². The molecule has 4 nitrogen and oxygen atoms in total. The fourth-order valence-electron chi connectivity index (χ4n) is 1.85. The molecule has 18 heavy (non-hydrogen) atoms. The smallest absolute Gasteiger partial charge is 0.251 e. The van der Waals surface area contributed by atoms with Gasteiger partial charge in [-0.05, 0) is 43.0 Å². The van der Waals surface area contributed by atoms with E-state index in [1.165, 1.54) is 19.3 Å². The molecular formula is C14H19NO3. The van der Waals surface area contributed by atoms with E-state index < -0.39 is 0 Å². The Morgan fingerprint density at radius 1 is 1.33 bits per heavy atom. The van der Waals surface area contributed by atoms with E-state index in [0.717, 1.165) is 12.4 Å². The number of hydrogen-bond donors (Lipinski definition) is 2. The minimum atomic E-state index is -0.172. The van der Waals surface area contributed by atoms with Crippen molar-refractivity contribution < 1.29 is 14.6 Å². The minimum Gasteiger partial charge on any atom is -0.493 e. The molecule has 1 aromatic rings. The molecule has 1 fully saturated rings. The maximum atomic E-state index is 11.6. The summed E-state index contributed by atoms with van der Waals surface area (Å²) in [7, 11) is 0.